The number of hydrogen-bond donors (Lipinski definition) is 2. The fraction of sp³-hybridized carbons (Fsp3) is 0.600. The number of carbonyl (C=O) groups is 2. The van der Waals surface area contributed by atoms with Crippen LogP contribution in [0.1, 0.15) is 33.6 Å². The van der Waals surface area contributed by atoms with Crippen LogP contribution < -0.4 is 5.32 Å². The minimum absolute atomic E-state index is 0.180. The summed E-state index contributed by atoms with van der Waals surface area (Å²) in [5.74, 6) is -0.619. The maximum absolute atomic E-state index is 12.2. The quantitative estimate of drug-likeness (QED) is 0.821. The number of anilines is 1. The Bertz CT molecular complexity index is 570. The van der Waals surface area contributed by atoms with Crippen molar-refractivity contribution in [1.82, 2.24) is 4.90 Å². The van der Waals surface area contributed by atoms with E-state index in [0.29, 0.717) is 17.1 Å². The molecule has 1 fully saturated rings. The van der Waals surface area contributed by atoms with Crippen LogP contribution in [0.15, 0.2) is 0 Å². The molecule has 2 rings (SSSR count). The fourth-order valence-corrected chi connectivity index (χ4v) is 3.67. The Kier molecular flexibility index (Phi) is 5.55. The van der Waals surface area contributed by atoms with Gasteiger partial charge in [0, 0.05) is 11.4 Å². The van der Waals surface area contributed by atoms with E-state index >= 15 is 0 Å². The molecule has 1 saturated heterocycles. The molecule has 0 bridgehead atoms. The number of β-amino-alcohol motifs (C(OH)–C–C–N with tert-alkyl or cyclic N) is 1. The van der Waals surface area contributed by atoms with Crippen molar-refractivity contribution in [3.8, 4) is 0 Å². The van der Waals surface area contributed by atoms with Gasteiger partial charge in [-0.1, -0.05) is 0 Å². The highest BCUT2D eigenvalue weighted by Gasteiger charge is 2.23. The third-order valence-corrected chi connectivity index (χ3v) is 5.00. The van der Waals surface area contributed by atoms with Gasteiger partial charge in [0.15, 0.2) is 0 Å². The number of rotatable bonds is 4. The Morgan fingerprint density at radius 3 is 2.82 bits per heavy atom. The van der Waals surface area contributed by atoms with Gasteiger partial charge in [0.05, 0.1) is 25.3 Å². The average Bonchev–Trinajstić information content (AvgIpc) is 2.72. The molecular weight excluding hydrogens is 304 g/mol. The summed E-state index contributed by atoms with van der Waals surface area (Å²) in [6.07, 6.45) is 1.31. The Balaban J connectivity index is 2.05. The molecule has 0 saturated carbocycles. The standard InChI is InChI=1S/C15H22N2O4S/c1-9-10(2)22-14(13(9)15(20)21-3)16-12(19)8-17-6-4-5-11(18)7-17/h11,18H,4-8H2,1-3H3,(H,16,19). The highest BCUT2D eigenvalue weighted by molar-refractivity contribution is 7.16. The van der Waals surface area contributed by atoms with Crippen LogP contribution in [-0.4, -0.2) is 54.7 Å². The van der Waals surface area contributed by atoms with Crippen LogP contribution in [0.2, 0.25) is 0 Å². The second-order valence-corrected chi connectivity index (χ2v) is 6.78. The monoisotopic (exact) mass is 326 g/mol. The molecule has 122 valence electrons. The minimum atomic E-state index is -0.439. The molecule has 0 radical (unpaired) electrons. The molecule has 1 unspecified atom stereocenters. The minimum Gasteiger partial charge on any atom is -0.465 e. The molecule has 0 spiro atoms. The van der Waals surface area contributed by atoms with E-state index in [9.17, 15) is 14.7 Å². The predicted molar refractivity (Wildman–Crippen MR) is 85.4 cm³/mol. The van der Waals surface area contributed by atoms with Gasteiger partial charge in [-0.25, -0.2) is 4.79 Å². The van der Waals surface area contributed by atoms with Crippen LogP contribution in [0.25, 0.3) is 0 Å². The van der Waals surface area contributed by atoms with E-state index in [1.165, 1.54) is 18.4 Å². The lowest BCUT2D eigenvalue weighted by molar-refractivity contribution is -0.117. The number of nitrogens with zero attached hydrogens (tertiary/aromatic N) is 1. The van der Waals surface area contributed by atoms with Crippen molar-refractivity contribution < 1.29 is 19.4 Å². The summed E-state index contributed by atoms with van der Waals surface area (Å²) in [6, 6.07) is 0. The Morgan fingerprint density at radius 1 is 1.45 bits per heavy atom. The van der Waals surface area contributed by atoms with Crippen LogP contribution in [0.3, 0.4) is 0 Å². The molecule has 1 aliphatic rings. The number of nitrogens with one attached hydrogen (secondary N) is 1. The molecule has 1 aromatic rings. The zero-order valence-electron chi connectivity index (χ0n) is 13.1. The maximum Gasteiger partial charge on any atom is 0.341 e. The van der Waals surface area contributed by atoms with Gasteiger partial charge in [-0.2, -0.15) is 0 Å². The number of hydrogen-bond acceptors (Lipinski definition) is 6. The second kappa shape index (κ2) is 7.21. The van der Waals surface area contributed by atoms with Crippen molar-refractivity contribution in [2.24, 2.45) is 0 Å². The van der Waals surface area contributed by atoms with Gasteiger partial charge in [-0.3, -0.25) is 9.69 Å². The molecule has 6 nitrogen and oxygen atoms in total. The number of esters is 1. The summed E-state index contributed by atoms with van der Waals surface area (Å²) in [7, 11) is 1.33. The number of carbonyl (C=O) groups excluding carboxylic acids is 2. The van der Waals surface area contributed by atoms with Gasteiger partial charge < -0.3 is 15.2 Å². The predicted octanol–water partition coefficient (Wildman–Crippen LogP) is 1.55. The first-order valence-electron chi connectivity index (χ1n) is 7.31. The Labute approximate surface area is 134 Å². The molecule has 1 aliphatic heterocycles. The number of ether oxygens (including phenoxy) is 1. The first-order chi connectivity index (χ1) is 10.4. The van der Waals surface area contributed by atoms with Crippen molar-refractivity contribution in [3.05, 3.63) is 16.0 Å². The average molecular weight is 326 g/mol. The third-order valence-electron chi connectivity index (χ3n) is 3.88. The lowest BCUT2D eigenvalue weighted by Crippen LogP contribution is -2.42. The normalized spacial score (nSPS) is 19.0. The lowest BCUT2D eigenvalue weighted by Gasteiger charge is -2.29. The van der Waals surface area contributed by atoms with Crippen molar-refractivity contribution in [3.63, 3.8) is 0 Å². The molecule has 1 amide bonds. The van der Waals surface area contributed by atoms with E-state index in [4.69, 9.17) is 4.74 Å². The summed E-state index contributed by atoms with van der Waals surface area (Å²) in [5, 5.41) is 13.0. The Morgan fingerprint density at radius 2 is 2.18 bits per heavy atom. The molecule has 1 aromatic heterocycles. The molecular formula is C15H22N2O4S. The summed E-state index contributed by atoms with van der Waals surface area (Å²) >= 11 is 1.37. The zero-order chi connectivity index (χ0) is 16.3. The SMILES string of the molecule is COC(=O)c1c(NC(=O)CN2CCCC(O)C2)sc(C)c1C. The van der Waals surface area contributed by atoms with Crippen molar-refractivity contribution in [2.45, 2.75) is 32.8 Å². The first kappa shape index (κ1) is 16.9. The van der Waals surface area contributed by atoms with Gasteiger partial charge in [0.1, 0.15) is 5.00 Å². The highest BCUT2D eigenvalue weighted by Crippen LogP contribution is 2.32. The van der Waals surface area contributed by atoms with Gasteiger partial charge >= 0.3 is 5.97 Å². The second-order valence-electron chi connectivity index (χ2n) is 5.56. The molecule has 2 N–H and O–H groups in total. The van der Waals surface area contributed by atoms with Crippen LogP contribution in [-0.2, 0) is 9.53 Å². The van der Waals surface area contributed by atoms with Crippen molar-refractivity contribution >= 4 is 28.2 Å². The number of aliphatic hydroxyl groups excluding tert-OH is 1. The molecule has 0 aliphatic carbocycles. The number of likely N-dealkylation sites (tertiary alicyclic amines) is 1. The molecule has 1 atom stereocenters. The highest BCUT2D eigenvalue weighted by atomic mass is 32.1. The summed E-state index contributed by atoms with van der Waals surface area (Å²) in [5.41, 5.74) is 1.26. The largest absolute Gasteiger partial charge is 0.465 e. The van der Waals surface area contributed by atoms with Crippen LogP contribution >= 0.6 is 11.3 Å². The van der Waals surface area contributed by atoms with Crippen LogP contribution in [0, 0.1) is 13.8 Å². The van der Waals surface area contributed by atoms with Gasteiger partial charge in [0.25, 0.3) is 0 Å². The first-order valence-corrected chi connectivity index (χ1v) is 8.12. The smallest absolute Gasteiger partial charge is 0.341 e. The molecule has 2 heterocycles. The van der Waals surface area contributed by atoms with E-state index < -0.39 is 5.97 Å². The number of amides is 1. The number of methoxy groups -OCH3 is 1. The van der Waals surface area contributed by atoms with E-state index in [1.54, 1.807) is 0 Å². The summed E-state index contributed by atoms with van der Waals surface area (Å²) < 4.78 is 4.79. The lowest BCUT2D eigenvalue weighted by atomic mass is 10.1. The van der Waals surface area contributed by atoms with Crippen LogP contribution in [0.4, 0.5) is 5.00 Å². The van der Waals surface area contributed by atoms with Gasteiger partial charge in [0.2, 0.25) is 5.91 Å². The van der Waals surface area contributed by atoms with E-state index in [1.807, 2.05) is 18.7 Å². The summed E-state index contributed by atoms with van der Waals surface area (Å²) in [4.78, 5) is 27.0. The van der Waals surface area contributed by atoms with Crippen molar-refractivity contribution in [2.75, 3.05) is 32.1 Å². The topological polar surface area (TPSA) is 78.9 Å². The van der Waals surface area contributed by atoms with Crippen LogP contribution in [0.5, 0.6) is 0 Å². The molecule has 0 aromatic carbocycles. The van der Waals surface area contributed by atoms with Crippen molar-refractivity contribution in [1.29, 1.82) is 0 Å². The van der Waals surface area contributed by atoms with E-state index in [-0.39, 0.29) is 18.6 Å². The van der Waals surface area contributed by atoms with E-state index in [0.717, 1.165) is 29.8 Å². The van der Waals surface area contributed by atoms with Gasteiger partial charge in [-0.05, 0) is 38.8 Å². The Hall–Kier alpha value is -1.44. The fourth-order valence-electron chi connectivity index (χ4n) is 2.61. The van der Waals surface area contributed by atoms with Gasteiger partial charge in [-0.15, -0.1) is 11.3 Å². The van der Waals surface area contributed by atoms with E-state index in [2.05, 4.69) is 5.32 Å². The molecule has 22 heavy (non-hydrogen) atoms. The number of piperidine rings is 1. The number of thiophene rings is 1. The number of aliphatic hydroxyl groups is 1. The zero-order valence-corrected chi connectivity index (χ0v) is 14.0. The molecule has 7 heteroatoms. The third kappa shape index (κ3) is 3.85. The summed E-state index contributed by atoms with van der Waals surface area (Å²) in [6.45, 7) is 5.28. The number of aryl methyl sites for hydroxylation is 1. The maximum atomic E-state index is 12.2.